The van der Waals surface area contributed by atoms with E-state index in [4.69, 9.17) is 4.42 Å². The van der Waals surface area contributed by atoms with Crippen molar-refractivity contribution in [1.29, 1.82) is 0 Å². The molecule has 5 aromatic rings. The molecular formula is C19H11NO2. The van der Waals surface area contributed by atoms with Gasteiger partial charge >= 0.3 is 0 Å². The quantitative estimate of drug-likeness (QED) is 0.334. The average Bonchev–Trinajstić information content (AvgIpc) is 2.54. The molecule has 0 unspecified atom stereocenters. The molecule has 3 nitrogen and oxygen atoms in total. The molecule has 0 bridgehead atoms. The lowest BCUT2D eigenvalue weighted by Gasteiger charge is -2.11. The van der Waals surface area contributed by atoms with Gasteiger partial charge in [0.1, 0.15) is 11.2 Å². The van der Waals surface area contributed by atoms with Crippen LogP contribution in [0, 0.1) is 0 Å². The minimum atomic E-state index is 0.00630. The topological polar surface area (TPSA) is 46.0 Å². The molecule has 2 aromatic heterocycles. The van der Waals surface area contributed by atoms with Crippen molar-refractivity contribution >= 4 is 43.7 Å². The summed E-state index contributed by atoms with van der Waals surface area (Å²) in [5.74, 6) is 0. The zero-order valence-corrected chi connectivity index (χ0v) is 11.6. The first-order valence-corrected chi connectivity index (χ1v) is 7.17. The fourth-order valence-electron chi connectivity index (χ4n) is 3.26. The highest BCUT2D eigenvalue weighted by molar-refractivity contribution is 6.26. The highest BCUT2D eigenvalue weighted by Crippen LogP contribution is 2.36. The summed E-state index contributed by atoms with van der Waals surface area (Å²) in [7, 11) is 0. The van der Waals surface area contributed by atoms with Crippen LogP contribution in [0.1, 0.15) is 0 Å². The number of nitrogens with one attached hydrogen (secondary N) is 1. The Morgan fingerprint density at radius 3 is 2.55 bits per heavy atom. The lowest BCUT2D eigenvalue weighted by atomic mass is 10.0. The van der Waals surface area contributed by atoms with E-state index in [-0.39, 0.29) is 5.43 Å². The third kappa shape index (κ3) is 1.42. The third-order valence-electron chi connectivity index (χ3n) is 4.18. The van der Waals surface area contributed by atoms with E-state index in [1.165, 1.54) is 0 Å². The van der Waals surface area contributed by atoms with Crippen molar-refractivity contribution in [3.05, 3.63) is 70.9 Å². The van der Waals surface area contributed by atoms with Gasteiger partial charge in [-0.1, -0.05) is 24.3 Å². The maximum atomic E-state index is 11.7. The predicted octanol–water partition coefficient (Wildman–Crippen LogP) is 4.58. The zero-order chi connectivity index (χ0) is 14.7. The third-order valence-corrected chi connectivity index (χ3v) is 4.18. The molecule has 0 radical (unpaired) electrons. The minimum Gasteiger partial charge on any atom is -0.456 e. The van der Waals surface area contributed by atoms with E-state index in [9.17, 15) is 4.79 Å². The molecule has 104 valence electrons. The first kappa shape index (κ1) is 11.6. The van der Waals surface area contributed by atoms with Crippen molar-refractivity contribution in [1.82, 2.24) is 4.98 Å². The van der Waals surface area contributed by atoms with Crippen molar-refractivity contribution < 1.29 is 4.42 Å². The van der Waals surface area contributed by atoms with E-state index in [0.717, 1.165) is 43.7 Å². The highest BCUT2D eigenvalue weighted by Gasteiger charge is 2.12. The standard InChI is InChI=1S/C19H11NO2/c21-11-8-9-12-15(10-11)20-14-5-3-7-17-19(14)18(12)13-4-1-2-6-16(13)22-17/h1-10,20H. The zero-order valence-electron chi connectivity index (χ0n) is 11.6. The number of aromatic nitrogens is 1. The summed E-state index contributed by atoms with van der Waals surface area (Å²) in [5.41, 5.74) is 3.52. The van der Waals surface area contributed by atoms with Gasteiger partial charge in [0.15, 0.2) is 5.43 Å². The number of aromatic amines is 1. The number of H-pyrrole nitrogens is 1. The van der Waals surface area contributed by atoms with E-state index < -0.39 is 0 Å². The van der Waals surface area contributed by atoms with Crippen LogP contribution in [0.2, 0.25) is 0 Å². The van der Waals surface area contributed by atoms with Gasteiger partial charge in [-0.05, 0) is 30.3 Å². The van der Waals surface area contributed by atoms with E-state index in [1.54, 1.807) is 12.1 Å². The molecule has 3 aromatic carbocycles. The Balaban J connectivity index is 2.25. The Labute approximate surface area is 124 Å². The Bertz CT molecular complexity index is 1240. The molecule has 2 heterocycles. The van der Waals surface area contributed by atoms with Gasteiger partial charge in [0.2, 0.25) is 0 Å². The summed E-state index contributed by atoms with van der Waals surface area (Å²) >= 11 is 0. The van der Waals surface area contributed by atoms with Crippen LogP contribution in [0.4, 0.5) is 0 Å². The number of rotatable bonds is 0. The first-order chi connectivity index (χ1) is 10.8. The Morgan fingerprint density at radius 2 is 1.59 bits per heavy atom. The van der Waals surface area contributed by atoms with Crippen LogP contribution in [0.5, 0.6) is 0 Å². The van der Waals surface area contributed by atoms with Gasteiger partial charge in [0.25, 0.3) is 0 Å². The molecule has 0 aliphatic heterocycles. The summed E-state index contributed by atoms with van der Waals surface area (Å²) in [6, 6.07) is 19.1. The van der Waals surface area contributed by atoms with Crippen LogP contribution < -0.4 is 5.43 Å². The van der Waals surface area contributed by atoms with Gasteiger partial charge in [-0.2, -0.15) is 0 Å². The van der Waals surface area contributed by atoms with Crippen molar-refractivity contribution in [3.8, 4) is 0 Å². The van der Waals surface area contributed by atoms with Crippen molar-refractivity contribution in [3.63, 3.8) is 0 Å². The second-order valence-electron chi connectivity index (χ2n) is 5.48. The van der Waals surface area contributed by atoms with Gasteiger partial charge in [0, 0.05) is 27.6 Å². The van der Waals surface area contributed by atoms with Crippen LogP contribution in [-0.2, 0) is 0 Å². The summed E-state index contributed by atoms with van der Waals surface area (Å²) in [6.07, 6.45) is 0. The van der Waals surface area contributed by atoms with E-state index in [0.29, 0.717) is 0 Å². The highest BCUT2D eigenvalue weighted by atomic mass is 16.3. The summed E-state index contributed by atoms with van der Waals surface area (Å²) < 4.78 is 6.04. The maximum Gasteiger partial charge on any atom is 0.180 e. The summed E-state index contributed by atoms with van der Waals surface area (Å²) in [5, 5.41) is 4.28. The minimum absolute atomic E-state index is 0.00630. The fraction of sp³-hybridized carbons (Fsp3) is 0. The Kier molecular flexibility index (Phi) is 2.09. The van der Waals surface area contributed by atoms with Crippen LogP contribution in [-0.4, -0.2) is 4.98 Å². The van der Waals surface area contributed by atoms with Gasteiger partial charge in [-0.25, -0.2) is 0 Å². The number of para-hydroxylation sites is 1. The molecule has 3 heteroatoms. The lowest BCUT2D eigenvalue weighted by molar-refractivity contribution is 0.662. The van der Waals surface area contributed by atoms with Crippen molar-refractivity contribution in [2.45, 2.75) is 0 Å². The summed E-state index contributed by atoms with van der Waals surface area (Å²) in [6.45, 7) is 0. The molecule has 0 aliphatic carbocycles. The van der Waals surface area contributed by atoms with E-state index in [2.05, 4.69) is 11.1 Å². The fourth-order valence-corrected chi connectivity index (χ4v) is 3.26. The molecule has 0 saturated carbocycles. The van der Waals surface area contributed by atoms with Crippen LogP contribution in [0.15, 0.2) is 69.9 Å². The number of pyridine rings is 1. The molecule has 22 heavy (non-hydrogen) atoms. The SMILES string of the molecule is O=c1ccc2c(c1)[nH]c1cccc3oc4ccccc4c2c13. The second-order valence-corrected chi connectivity index (χ2v) is 5.48. The Morgan fingerprint density at radius 1 is 0.727 bits per heavy atom. The normalized spacial score (nSPS) is 11.8. The first-order valence-electron chi connectivity index (χ1n) is 7.17. The maximum absolute atomic E-state index is 11.7. The summed E-state index contributed by atoms with van der Waals surface area (Å²) in [4.78, 5) is 15.1. The molecular weight excluding hydrogens is 274 g/mol. The van der Waals surface area contributed by atoms with Gasteiger partial charge < -0.3 is 9.40 Å². The Hall–Kier alpha value is -3.07. The lowest BCUT2D eigenvalue weighted by Crippen LogP contribution is -1.97. The molecule has 0 amide bonds. The number of hydrogen-bond acceptors (Lipinski definition) is 2. The largest absolute Gasteiger partial charge is 0.456 e. The molecule has 0 aliphatic rings. The van der Waals surface area contributed by atoms with Gasteiger partial charge in [-0.15, -0.1) is 0 Å². The average molecular weight is 285 g/mol. The van der Waals surface area contributed by atoms with Crippen molar-refractivity contribution in [2.75, 3.05) is 0 Å². The van der Waals surface area contributed by atoms with Gasteiger partial charge in [0.05, 0.1) is 11.0 Å². The molecule has 1 N–H and O–H groups in total. The van der Waals surface area contributed by atoms with E-state index >= 15 is 0 Å². The molecule has 0 fully saturated rings. The smallest absolute Gasteiger partial charge is 0.180 e. The van der Waals surface area contributed by atoms with Crippen LogP contribution in [0.3, 0.4) is 0 Å². The number of hydrogen-bond donors (Lipinski definition) is 1. The van der Waals surface area contributed by atoms with Crippen LogP contribution >= 0.6 is 0 Å². The van der Waals surface area contributed by atoms with E-state index in [1.807, 2.05) is 42.5 Å². The molecule has 0 atom stereocenters. The molecule has 0 spiro atoms. The number of benzene rings is 3. The molecule has 0 saturated heterocycles. The predicted molar refractivity (Wildman–Crippen MR) is 89.4 cm³/mol. The second kappa shape index (κ2) is 3.98. The van der Waals surface area contributed by atoms with Crippen LogP contribution in [0.25, 0.3) is 43.7 Å². The number of fused-ring (bicyclic) bond motifs is 4. The van der Waals surface area contributed by atoms with Gasteiger partial charge in [-0.3, -0.25) is 4.79 Å². The van der Waals surface area contributed by atoms with Crippen molar-refractivity contribution in [2.24, 2.45) is 0 Å². The molecule has 5 rings (SSSR count). The monoisotopic (exact) mass is 285 g/mol.